The van der Waals surface area contributed by atoms with Crippen molar-refractivity contribution in [3.63, 3.8) is 0 Å². The Morgan fingerprint density at radius 2 is 2.17 bits per heavy atom. The molecule has 3 heteroatoms. The summed E-state index contributed by atoms with van der Waals surface area (Å²) in [5, 5.41) is 12.7. The topological polar surface area (TPSA) is 35.8 Å². The van der Waals surface area contributed by atoms with Crippen LogP contribution in [0.2, 0.25) is 0 Å². The van der Waals surface area contributed by atoms with Crippen molar-refractivity contribution in [1.29, 1.82) is 5.26 Å². The van der Waals surface area contributed by atoms with Gasteiger partial charge in [-0.3, -0.25) is 0 Å². The van der Waals surface area contributed by atoms with E-state index in [4.69, 9.17) is 0 Å². The average Bonchev–Trinajstić information content (AvgIpc) is 2.38. The first-order valence-electron chi connectivity index (χ1n) is 6.56. The first-order chi connectivity index (χ1) is 8.72. The molecule has 1 unspecified atom stereocenters. The van der Waals surface area contributed by atoms with Crippen LogP contribution >= 0.6 is 11.8 Å². The molecule has 0 saturated heterocycles. The number of hydrogen-bond donors (Lipinski definition) is 1. The van der Waals surface area contributed by atoms with Crippen LogP contribution in [-0.4, -0.2) is 12.3 Å². The van der Waals surface area contributed by atoms with Gasteiger partial charge in [-0.05, 0) is 31.7 Å². The number of unbranched alkanes of at least 4 members (excludes halogenated alkanes) is 2. The smallest absolute Gasteiger partial charge is 0.102 e. The predicted octanol–water partition coefficient (Wildman–Crippen LogP) is 4.66. The van der Waals surface area contributed by atoms with Gasteiger partial charge in [0.05, 0.1) is 11.3 Å². The maximum atomic E-state index is 9.25. The van der Waals surface area contributed by atoms with E-state index >= 15 is 0 Å². The van der Waals surface area contributed by atoms with Gasteiger partial charge in [-0.25, -0.2) is 0 Å². The number of anilines is 1. The van der Waals surface area contributed by atoms with Crippen LogP contribution in [0.1, 0.15) is 45.1 Å². The van der Waals surface area contributed by atoms with Crippen molar-refractivity contribution in [3.8, 4) is 6.07 Å². The van der Waals surface area contributed by atoms with Crippen LogP contribution < -0.4 is 5.32 Å². The molecule has 1 atom stereocenters. The van der Waals surface area contributed by atoms with Gasteiger partial charge in [-0.15, -0.1) is 11.8 Å². The molecule has 2 nitrogen and oxygen atoms in total. The minimum Gasteiger partial charge on any atom is -0.381 e. The number of nitrogens with one attached hydrogen (secondary N) is 1. The van der Waals surface area contributed by atoms with E-state index in [0.717, 1.165) is 22.6 Å². The van der Waals surface area contributed by atoms with Gasteiger partial charge in [0.25, 0.3) is 0 Å². The Labute approximate surface area is 115 Å². The van der Waals surface area contributed by atoms with E-state index < -0.39 is 0 Å². The van der Waals surface area contributed by atoms with Crippen LogP contribution in [0.5, 0.6) is 0 Å². The third-order valence-corrected chi connectivity index (χ3v) is 3.78. The monoisotopic (exact) mass is 262 g/mol. The highest BCUT2D eigenvalue weighted by Gasteiger charge is 2.09. The Bertz CT molecular complexity index is 409. The number of nitrogens with zero attached hydrogens (tertiary/aromatic N) is 1. The van der Waals surface area contributed by atoms with E-state index in [-0.39, 0.29) is 0 Å². The average molecular weight is 262 g/mol. The van der Waals surface area contributed by atoms with Crippen molar-refractivity contribution in [2.45, 2.75) is 50.5 Å². The minimum absolute atomic E-state index is 0.417. The molecule has 0 saturated carbocycles. The van der Waals surface area contributed by atoms with Gasteiger partial charge in [0.15, 0.2) is 0 Å². The lowest BCUT2D eigenvalue weighted by molar-refractivity contribution is 0.615. The minimum atomic E-state index is 0.417. The molecule has 18 heavy (non-hydrogen) atoms. The van der Waals surface area contributed by atoms with Crippen molar-refractivity contribution in [2.24, 2.45) is 0 Å². The van der Waals surface area contributed by atoms with Gasteiger partial charge < -0.3 is 5.32 Å². The summed E-state index contributed by atoms with van der Waals surface area (Å²) in [6.07, 6.45) is 6.93. The highest BCUT2D eigenvalue weighted by atomic mass is 32.2. The van der Waals surface area contributed by atoms with E-state index in [0.29, 0.717) is 6.04 Å². The van der Waals surface area contributed by atoms with E-state index in [2.05, 4.69) is 25.2 Å². The molecule has 0 aromatic heterocycles. The largest absolute Gasteiger partial charge is 0.381 e. The summed E-state index contributed by atoms with van der Waals surface area (Å²) in [6, 6.07) is 8.72. The maximum absolute atomic E-state index is 9.25. The molecule has 0 radical (unpaired) electrons. The second-order valence-electron chi connectivity index (χ2n) is 4.54. The molecule has 0 spiro atoms. The zero-order valence-electron chi connectivity index (χ0n) is 11.5. The quantitative estimate of drug-likeness (QED) is 0.573. The fraction of sp³-hybridized carbons (Fsp3) is 0.533. The molecule has 0 aliphatic rings. The fourth-order valence-corrected chi connectivity index (χ4v) is 2.55. The summed E-state index contributed by atoms with van der Waals surface area (Å²) in [5.41, 5.74) is 1.74. The third-order valence-electron chi connectivity index (χ3n) is 3.00. The van der Waals surface area contributed by atoms with Crippen LogP contribution in [0.25, 0.3) is 0 Å². The molecule has 1 aromatic carbocycles. The second kappa shape index (κ2) is 8.05. The molecule has 98 valence electrons. The molecular formula is C15H22N2S. The number of benzene rings is 1. The summed E-state index contributed by atoms with van der Waals surface area (Å²) in [4.78, 5) is 1.04. The van der Waals surface area contributed by atoms with Gasteiger partial charge in [0.2, 0.25) is 0 Å². The molecule has 1 rings (SSSR count). The van der Waals surface area contributed by atoms with Crippen LogP contribution in [0, 0.1) is 11.3 Å². The van der Waals surface area contributed by atoms with Crippen LogP contribution in [0.4, 0.5) is 5.69 Å². The zero-order valence-corrected chi connectivity index (χ0v) is 12.3. The van der Waals surface area contributed by atoms with E-state index in [9.17, 15) is 5.26 Å². The summed E-state index contributed by atoms with van der Waals surface area (Å²) < 4.78 is 0. The number of hydrogen-bond acceptors (Lipinski definition) is 3. The number of thioether (sulfide) groups is 1. The highest BCUT2D eigenvalue weighted by Crippen LogP contribution is 2.27. The Morgan fingerprint density at radius 1 is 1.39 bits per heavy atom. The normalized spacial score (nSPS) is 11.9. The molecule has 0 amide bonds. The summed E-state index contributed by atoms with van der Waals surface area (Å²) in [5.74, 6) is 0. The highest BCUT2D eigenvalue weighted by molar-refractivity contribution is 7.98. The molecule has 0 bridgehead atoms. The summed E-state index contributed by atoms with van der Waals surface area (Å²) in [7, 11) is 0. The van der Waals surface area contributed by atoms with Crippen molar-refractivity contribution < 1.29 is 0 Å². The van der Waals surface area contributed by atoms with Crippen LogP contribution in [-0.2, 0) is 0 Å². The first kappa shape index (κ1) is 14.9. The Kier molecular flexibility index (Phi) is 6.67. The lowest BCUT2D eigenvalue weighted by Gasteiger charge is -2.17. The molecule has 0 aliphatic carbocycles. The maximum Gasteiger partial charge on any atom is 0.102 e. The van der Waals surface area contributed by atoms with Gasteiger partial charge in [0, 0.05) is 10.9 Å². The van der Waals surface area contributed by atoms with Crippen LogP contribution in [0.3, 0.4) is 0 Å². The molecule has 0 fully saturated rings. The zero-order chi connectivity index (χ0) is 13.4. The van der Waals surface area contributed by atoms with Gasteiger partial charge in [-0.2, -0.15) is 5.26 Å². The lowest BCUT2D eigenvalue weighted by Crippen LogP contribution is -2.15. The number of rotatable bonds is 7. The van der Waals surface area contributed by atoms with E-state index in [1.54, 1.807) is 11.8 Å². The SMILES string of the molecule is CCCCCC(C)Nc1cccc(SC)c1C#N. The van der Waals surface area contributed by atoms with Crippen molar-refractivity contribution >= 4 is 17.4 Å². The Hall–Kier alpha value is -1.14. The standard InChI is InChI=1S/C15H22N2S/c1-4-5-6-8-12(2)17-14-9-7-10-15(18-3)13(14)11-16/h7,9-10,12,17H,4-6,8H2,1-3H3. The molecular weight excluding hydrogens is 240 g/mol. The molecule has 1 aromatic rings. The Balaban J connectivity index is 2.69. The molecule has 0 heterocycles. The molecule has 1 N–H and O–H groups in total. The number of nitriles is 1. The fourth-order valence-electron chi connectivity index (χ4n) is 1.97. The van der Waals surface area contributed by atoms with E-state index in [1.165, 1.54) is 19.3 Å². The van der Waals surface area contributed by atoms with Crippen molar-refractivity contribution in [2.75, 3.05) is 11.6 Å². The molecule has 0 aliphatic heterocycles. The van der Waals surface area contributed by atoms with Gasteiger partial charge >= 0.3 is 0 Å². The van der Waals surface area contributed by atoms with Crippen molar-refractivity contribution in [3.05, 3.63) is 23.8 Å². The van der Waals surface area contributed by atoms with Gasteiger partial charge in [-0.1, -0.05) is 32.3 Å². The van der Waals surface area contributed by atoms with Crippen LogP contribution in [0.15, 0.2) is 23.1 Å². The predicted molar refractivity (Wildman–Crippen MR) is 80.2 cm³/mol. The van der Waals surface area contributed by atoms with E-state index in [1.807, 2.05) is 24.5 Å². The Morgan fingerprint density at radius 3 is 2.78 bits per heavy atom. The second-order valence-corrected chi connectivity index (χ2v) is 5.38. The summed E-state index contributed by atoms with van der Waals surface area (Å²) in [6.45, 7) is 4.40. The van der Waals surface area contributed by atoms with Gasteiger partial charge in [0.1, 0.15) is 6.07 Å². The third kappa shape index (κ3) is 4.27. The lowest BCUT2D eigenvalue weighted by atomic mass is 10.1. The summed E-state index contributed by atoms with van der Waals surface area (Å²) >= 11 is 1.62. The van der Waals surface area contributed by atoms with Crippen molar-refractivity contribution in [1.82, 2.24) is 0 Å². The first-order valence-corrected chi connectivity index (χ1v) is 7.79.